The van der Waals surface area contributed by atoms with Crippen LogP contribution in [0.15, 0.2) is 35.2 Å². The number of nitrogens with zero attached hydrogens (tertiary/aromatic N) is 4. The minimum Gasteiger partial charge on any atom is -0.363 e. The van der Waals surface area contributed by atoms with Crippen LogP contribution < -0.4 is 4.90 Å². The van der Waals surface area contributed by atoms with Crippen molar-refractivity contribution < 1.29 is 31.4 Å². The molecule has 1 aliphatic rings. The molecule has 10 nitrogen and oxygen atoms in total. The first-order valence-electron chi connectivity index (χ1n) is 9.60. The molecule has 14 heteroatoms. The molecule has 0 bridgehead atoms. The van der Waals surface area contributed by atoms with Gasteiger partial charge in [-0.25, -0.2) is 8.42 Å². The minimum absolute atomic E-state index is 0.0155. The highest BCUT2D eigenvalue weighted by Gasteiger charge is 2.36. The van der Waals surface area contributed by atoms with Gasteiger partial charge in [0.05, 0.1) is 20.3 Å². The van der Waals surface area contributed by atoms with Crippen molar-refractivity contribution in [3.05, 3.63) is 67.3 Å². The maximum atomic E-state index is 13.2. The molecule has 178 valence electrons. The Morgan fingerprint density at radius 3 is 2.06 bits per heavy atom. The van der Waals surface area contributed by atoms with E-state index in [1.54, 1.807) is 6.92 Å². The Balaban J connectivity index is 1.87. The number of sulfonamides is 1. The normalized spacial score (nSPS) is 15.5. The van der Waals surface area contributed by atoms with Crippen molar-refractivity contribution in [2.24, 2.45) is 0 Å². The van der Waals surface area contributed by atoms with E-state index >= 15 is 0 Å². The topological polar surface area (TPSA) is 127 Å². The number of benzene rings is 2. The Bertz CT molecular complexity index is 1220. The lowest BCUT2D eigenvalue weighted by Gasteiger charge is -2.35. The van der Waals surface area contributed by atoms with Gasteiger partial charge in [0, 0.05) is 44.4 Å². The summed E-state index contributed by atoms with van der Waals surface area (Å²) in [6.07, 6.45) is -4.75. The number of rotatable bonds is 5. The van der Waals surface area contributed by atoms with E-state index in [1.165, 1.54) is 17.9 Å². The van der Waals surface area contributed by atoms with Crippen molar-refractivity contribution in [3.63, 3.8) is 0 Å². The number of piperazine rings is 1. The van der Waals surface area contributed by atoms with Gasteiger partial charge in [0.1, 0.15) is 5.69 Å². The smallest absolute Gasteiger partial charge is 0.363 e. The zero-order chi connectivity index (χ0) is 24.7. The molecule has 0 aromatic heterocycles. The van der Waals surface area contributed by atoms with E-state index in [1.807, 2.05) is 0 Å². The van der Waals surface area contributed by atoms with E-state index in [-0.39, 0.29) is 42.4 Å². The molecule has 1 aliphatic heterocycles. The van der Waals surface area contributed by atoms with Crippen molar-refractivity contribution in [3.8, 4) is 0 Å². The first-order chi connectivity index (χ1) is 15.2. The summed E-state index contributed by atoms with van der Waals surface area (Å²) in [7, 11) is -4.11. The van der Waals surface area contributed by atoms with Crippen LogP contribution >= 0.6 is 0 Å². The van der Waals surface area contributed by atoms with Gasteiger partial charge >= 0.3 is 6.18 Å². The van der Waals surface area contributed by atoms with E-state index in [4.69, 9.17) is 0 Å². The van der Waals surface area contributed by atoms with E-state index in [0.29, 0.717) is 17.2 Å². The van der Waals surface area contributed by atoms with Gasteiger partial charge in [0.2, 0.25) is 10.0 Å². The number of hydrogen-bond acceptors (Lipinski definition) is 7. The highest BCUT2D eigenvalue weighted by molar-refractivity contribution is 7.89. The van der Waals surface area contributed by atoms with Crippen LogP contribution in [0.5, 0.6) is 0 Å². The van der Waals surface area contributed by atoms with Crippen LogP contribution in [-0.4, -0.2) is 48.7 Å². The molecule has 0 radical (unpaired) electrons. The summed E-state index contributed by atoms with van der Waals surface area (Å²) in [6, 6.07) is 4.45. The second-order valence-corrected chi connectivity index (χ2v) is 9.40. The molecule has 0 amide bonds. The van der Waals surface area contributed by atoms with Gasteiger partial charge < -0.3 is 4.90 Å². The summed E-state index contributed by atoms with van der Waals surface area (Å²) in [5.41, 5.74) is -1.51. The Morgan fingerprint density at radius 2 is 1.55 bits per heavy atom. The van der Waals surface area contributed by atoms with Gasteiger partial charge in [-0.3, -0.25) is 20.2 Å². The zero-order valence-electron chi connectivity index (χ0n) is 17.5. The zero-order valence-corrected chi connectivity index (χ0v) is 18.3. The number of halogens is 3. The number of nitro benzene ring substituents is 2. The summed E-state index contributed by atoms with van der Waals surface area (Å²) >= 11 is 0. The molecule has 0 spiro atoms. The van der Waals surface area contributed by atoms with Crippen molar-refractivity contribution in [2.75, 3.05) is 31.1 Å². The van der Waals surface area contributed by atoms with Gasteiger partial charge in [-0.2, -0.15) is 17.5 Å². The Labute approximate surface area is 186 Å². The van der Waals surface area contributed by atoms with E-state index in [0.717, 1.165) is 22.5 Å². The second-order valence-electron chi connectivity index (χ2n) is 7.49. The summed E-state index contributed by atoms with van der Waals surface area (Å²) < 4.78 is 66.2. The molecule has 0 unspecified atom stereocenters. The molecule has 0 saturated carbocycles. The predicted molar refractivity (Wildman–Crippen MR) is 112 cm³/mol. The lowest BCUT2D eigenvalue weighted by atomic mass is 10.1. The molecular formula is C19H19F3N4O6S. The maximum Gasteiger partial charge on any atom is 0.416 e. The summed E-state index contributed by atoms with van der Waals surface area (Å²) in [5, 5.41) is 22.5. The molecular weight excluding hydrogens is 469 g/mol. The quantitative estimate of drug-likeness (QED) is 0.464. The molecule has 33 heavy (non-hydrogen) atoms. The number of aryl methyl sites for hydroxylation is 1. The molecule has 0 atom stereocenters. The average Bonchev–Trinajstić information content (AvgIpc) is 2.74. The monoisotopic (exact) mass is 488 g/mol. The molecule has 0 aliphatic carbocycles. The highest BCUT2D eigenvalue weighted by Crippen LogP contribution is 2.37. The van der Waals surface area contributed by atoms with Crippen LogP contribution in [0.1, 0.15) is 16.7 Å². The molecule has 1 fully saturated rings. The van der Waals surface area contributed by atoms with Crippen molar-refractivity contribution in [1.29, 1.82) is 0 Å². The lowest BCUT2D eigenvalue weighted by Crippen LogP contribution is -2.49. The SMILES string of the molecule is Cc1cc([N+](=O)[O-])cc(S(=O)(=O)N2CCN(c3ccc(C(F)(F)F)cc3[N+](=O)[O-])CC2)c1C. The molecule has 1 saturated heterocycles. The highest BCUT2D eigenvalue weighted by atomic mass is 32.2. The number of non-ortho nitro benzene ring substituents is 1. The van der Waals surface area contributed by atoms with Gasteiger partial charge in [0.25, 0.3) is 11.4 Å². The number of nitro groups is 2. The largest absolute Gasteiger partial charge is 0.416 e. The van der Waals surface area contributed by atoms with Crippen LogP contribution in [0, 0.1) is 34.1 Å². The van der Waals surface area contributed by atoms with Crippen LogP contribution in [0.2, 0.25) is 0 Å². The Hall–Kier alpha value is -3.26. The number of anilines is 1. The van der Waals surface area contributed by atoms with Crippen LogP contribution in [-0.2, 0) is 16.2 Å². The number of alkyl halides is 3. The Morgan fingerprint density at radius 1 is 0.939 bits per heavy atom. The molecule has 0 N–H and O–H groups in total. The van der Waals surface area contributed by atoms with Gasteiger partial charge in [-0.05, 0) is 37.1 Å². The Kier molecular flexibility index (Phi) is 6.35. The maximum absolute atomic E-state index is 13.2. The third kappa shape index (κ3) is 4.75. The van der Waals surface area contributed by atoms with Crippen LogP contribution in [0.3, 0.4) is 0 Å². The summed E-state index contributed by atoms with van der Waals surface area (Å²) in [4.78, 5) is 22.2. The van der Waals surface area contributed by atoms with E-state index in [2.05, 4.69) is 0 Å². The van der Waals surface area contributed by atoms with Crippen molar-refractivity contribution in [2.45, 2.75) is 24.9 Å². The molecule has 1 heterocycles. The molecule has 2 aromatic carbocycles. The lowest BCUT2D eigenvalue weighted by molar-refractivity contribution is -0.385. The molecule has 3 rings (SSSR count). The van der Waals surface area contributed by atoms with Crippen molar-refractivity contribution in [1.82, 2.24) is 4.31 Å². The summed E-state index contributed by atoms with van der Waals surface area (Å²) in [6.45, 7) is 2.84. The molecule has 2 aromatic rings. The van der Waals surface area contributed by atoms with Crippen LogP contribution in [0.25, 0.3) is 0 Å². The third-order valence-corrected chi connectivity index (χ3v) is 7.54. The van der Waals surface area contributed by atoms with Gasteiger partial charge in [0.15, 0.2) is 0 Å². The standard InChI is InChI=1S/C19H19F3N4O6S/c1-12-9-15(25(27)28)11-18(13(12)2)33(31,32)24-7-5-23(6-8-24)16-4-3-14(19(20,21)22)10-17(16)26(29)30/h3-4,9-11H,5-8H2,1-2H3. The summed E-state index contributed by atoms with van der Waals surface area (Å²) in [5.74, 6) is 0. The minimum atomic E-state index is -4.75. The number of hydrogen-bond donors (Lipinski definition) is 0. The van der Waals surface area contributed by atoms with Crippen molar-refractivity contribution >= 4 is 27.1 Å². The first kappa shape index (κ1) is 24.4. The fraction of sp³-hybridized carbons (Fsp3) is 0.368. The van der Waals surface area contributed by atoms with E-state index < -0.39 is 37.3 Å². The second kappa shape index (κ2) is 8.59. The third-order valence-electron chi connectivity index (χ3n) is 5.51. The fourth-order valence-electron chi connectivity index (χ4n) is 3.60. The van der Waals surface area contributed by atoms with E-state index in [9.17, 15) is 41.8 Å². The predicted octanol–water partition coefficient (Wildman–Crippen LogP) is 3.65. The van der Waals surface area contributed by atoms with Crippen LogP contribution in [0.4, 0.5) is 30.2 Å². The van der Waals surface area contributed by atoms with Gasteiger partial charge in [-0.15, -0.1) is 0 Å². The first-order valence-corrected chi connectivity index (χ1v) is 11.0. The average molecular weight is 488 g/mol. The fourth-order valence-corrected chi connectivity index (χ4v) is 5.34. The van der Waals surface area contributed by atoms with Gasteiger partial charge in [-0.1, -0.05) is 0 Å².